The summed E-state index contributed by atoms with van der Waals surface area (Å²) in [6.07, 6.45) is 4.70. The number of hydrogen-bond acceptors (Lipinski definition) is 5. The van der Waals surface area contributed by atoms with E-state index in [1.807, 2.05) is 0 Å². The van der Waals surface area contributed by atoms with Crippen LogP contribution in [0.2, 0.25) is 0 Å². The summed E-state index contributed by atoms with van der Waals surface area (Å²) in [5.74, 6) is -0.996. The van der Waals surface area contributed by atoms with Crippen molar-refractivity contribution in [3.05, 3.63) is 54.6 Å². The Balaban J connectivity index is 0.000000276. The maximum absolute atomic E-state index is 10.6. The molecule has 0 aliphatic carbocycles. The number of benzene rings is 1. The standard InChI is InChI=1S/C8H8O5S.C4H4N2/c9-8(10)5-6-1-3-7(4-2-6)14(11,12)13;1-2-5-4-6-3-1/h1-4H,5H2,(H,9,10)(H,11,12,13);1-4H. The zero-order valence-electron chi connectivity index (χ0n) is 10.2. The van der Waals surface area contributed by atoms with Crippen molar-refractivity contribution in [1.29, 1.82) is 0 Å². The van der Waals surface area contributed by atoms with E-state index in [4.69, 9.17) is 9.66 Å². The monoisotopic (exact) mass is 296 g/mol. The van der Waals surface area contributed by atoms with Gasteiger partial charge < -0.3 is 5.11 Å². The van der Waals surface area contributed by atoms with Gasteiger partial charge in [0.05, 0.1) is 11.3 Å². The summed E-state index contributed by atoms with van der Waals surface area (Å²) in [6, 6.07) is 6.79. The smallest absolute Gasteiger partial charge is 0.307 e. The molecule has 0 fully saturated rings. The molecular formula is C12H12N2O5S. The molecule has 2 rings (SSSR count). The van der Waals surface area contributed by atoms with Gasteiger partial charge in [0.1, 0.15) is 6.33 Å². The van der Waals surface area contributed by atoms with Crippen LogP contribution < -0.4 is 0 Å². The van der Waals surface area contributed by atoms with E-state index in [-0.39, 0.29) is 11.3 Å². The number of aliphatic carboxylic acids is 1. The van der Waals surface area contributed by atoms with Crippen molar-refractivity contribution in [2.75, 3.05) is 0 Å². The van der Waals surface area contributed by atoms with Crippen molar-refractivity contribution in [3.8, 4) is 0 Å². The number of aromatic nitrogens is 2. The summed E-state index contributed by atoms with van der Waals surface area (Å²) in [5, 5.41) is 8.43. The lowest BCUT2D eigenvalue weighted by Crippen LogP contribution is -2.01. The van der Waals surface area contributed by atoms with Crippen LogP contribution in [0.5, 0.6) is 0 Å². The molecule has 0 saturated heterocycles. The maximum atomic E-state index is 10.6. The van der Waals surface area contributed by atoms with E-state index >= 15 is 0 Å². The molecule has 8 heteroatoms. The van der Waals surface area contributed by atoms with Crippen LogP contribution in [-0.2, 0) is 21.3 Å². The normalized spacial score (nSPS) is 10.2. The maximum Gasteiger partial charge on any atom is 0.307 e. The zero-order chi connectivity index (χ0) is 15.0. The minimum atomic E-state index is -4.20. The van der Waals surface area contributed by atoms with Crippen molar-refractivity contribution in [3.63, 3.8) is 0 Å². The highest BCUT2D eigenvalue weighted by molar-refractivity contribution is 7.85. The van der Waals surface area contributed by atoms with Crippen molar-refractivity contribution in [2.45, 2.75) is 11.3 Å². The number of rotatable bonds is 3. The molecule has 0 unspecified atom stereocenters. The molecule has 0 bridgehead atoms. The summed E-state index contributed by atoms with van der Waals surface area (Å²) >= 11 is 0. The van der Waals surface area contributed by atoms with Crippen LogP contribution in [0.3, 0.4) is 0 Å². The molecule has 0 saturated carbocycles. The lowest BCUT2D eigenvalue weighted by Gasteiger charge is -1.98. The molecule has 7 nitrogen and oxygen atoms in total. The average Bonchev–Trinajstić information content (AvgIpc) is 2.40. The number of hydrogen-bond donors (Lipinski definition) is 2. The molecule has 1 aromatic carbocycles. The van der Waals surface area contributed by atoms with Gasteiger partial charge in [-0.2, -0.15) is 8.42 Å². The van der Waals surface area contributed by atoms with Crippen LogP contribution in [0, 0.1) is 0 Å². The van der Waals surface area contributed by atoms with Crippen LogP contribution >= 0.6 is 0 Å². The molecule has 0 atom stereocenters. The first kappa shape index (κ1) is 15.7. The first-order valence-electron chi connectivity index (χ1n) is 5.38. The summed E-state index contributed by atoms with van der Waals surface area (Å²) < 4.78 is 29.8. The van der Waals surface area contributed by atoms with Gasteiger partial charge >= 0.3 is 5.97 Å². The van der Waals surface area contributed by atoms with Gasteiger partial charge in [0.15, 0.2) is 0 Å². The minimum absolute atomic E-state index is 0.175. The van der Waals surface area contributed by atoms with Crippen LogP contribution in [0.4, 0.5) is 0 Å². The largest absolute Gasteiger partial charge is 0.481 e. The van der Waals surface area contributed by atoms with Gasteiger partial charge in [-0.1, -0.05) is 12.1 Å². The summed E-state index contributed by atoms with van der Waals surface area (Å²) in [4.78, 5) is 17.4. The number of carbonyl (C=O) groups is 1. The number of carboxylic acids is 1. The van der Waals surface area contributed by atoms with E-state index in [0.717, 1.165) is 12.1 Å². The highest BCUT2D eigenvalue weighted by Gasteiger charge is 2.09. The van der Waals surface area contributed by atoms with E-state index in [2.05, 4.69) is 9.97 Å². The molecule has 2 aromatic rings. The molecule has 0 aliphatic rings. The second kappa shape index (κ2) is 7.31. The van der Waals surface area contributed by atoms with Gasteiger partial charge in [0.25, 0.3) is 10.1 Å². The molecular weight excluding hydrogens is 284 g/mol. The predicted octanol–water partition coefficient (Wildman–Crippen LogP) is 1.04. The number of nitrogens with zero attached hydrogens (tertiary/aromatic N) is 2. The third-order valence-electron chi connectivity index (χ3n) is 2.05. The second-order valence-corrected chi connectivity index (χ2v) is 5.02. The van der Waals surface area contributed by atoms with Crippen LogP contribution in [-0.4, -0.2) is 34.0 Å². The Hall–Kier alpha value is -2.32. The molecule has 1 aromatic heterocycles. The summed E-state index contributed by atoms with van der Waals surface area (Å²) in [5.41, 5.74) is 0.477. The quantitative estimate of drug-likeness (QED) is 0.812. The highest BCUT2D eigenvalue weighted by atomic mass is 32.2. The number of carboxylic acid groups (broad SMARTS) is 1. The predicted molar refractivity (Wildman–Crippen MR) is 69.6 cm³/mol. The van der Waals surface area contributed by atoms with Gasteiger partial charge in [0.2, 0.25) is 0 Å². The molecule has 2 N–H and O–H groups in total. The van der Waals surface area contributed by atoms with Gasteiger partial charge in [-0.3, -0.25) is 9.35 Å². The fraction of sp³-hybridized carbons (Fsp3) is 0.0833. The molecule has 106 valence electrons. The Labute approximate surface area is 115 Å². The van der Waals surface area contributed by atoms with Gasteiger partial charge in [0, 0.05) is 12.4 Å². The summed E-state index contributed by atoms with van der Waals surface area (Å²) in [6.45, 7) is 0. The Morgan fingerprint density at radius 1 is 1.10 bits per heavy atom. The molecule has 0 amide bonds. The fourth-order valence-corrected chi connectivity index (χ4v) is 1.69. The highest BCUT2D eigenvalue weighted by Crippen LogP contribution is 2.10. The van der Waals surface area contributed by atoms with Crippen molar-refractivity contribution < 1.29 is 22.9 Å². The molecule has 1 heterocycles. The lowest BCUT2D eigenvalue weighted by molar-refractivity contribution is -0.136. The van der Waals surface area contributed by atoms with Crippen molar-refractivity contribution >= 4 is 16.1 Å². The first-order chi connectivity index (χ1) is 9.39. The van der Waals surface area contributed by atoms with E-state index in [1.165, 1.54) is 18.5 Å². The van der Waals surface area contributed by atoms with Gasteiger partial charge in [-0.05, 0) is 23.8 Å². The lowest BCUT2D eigenvalue weighted by atomic mass is 10.2. The average molecular weight is 296 g/mol. The Morgan fingerprint density at radius 2 is 1.65 bits per heavy atom. The fourth-order valence-electron chi connectivity index (χ4n) is 1.21. The SMILES string of the molecule is O=C(O)Cc1ccc(S(=O)(=O)O)cc1.c1cncnc1. The Morgan fingerprint density at radius 3 is 1.95 bits per heavy atom. The van der Waals surface area contributed by atoms with Crippen LogP contribution in [0.1, 0.15) is 5.56 Å². The molecule has 0 radical (unpaired) electrons. The third kappa shape index (κ3) is 6.03. The third-order valence-corrected chi connectivity index (χ3v) is 2.92. The molecule has 20 heavy (non-hydrogen) atoms. The topological polar surface area (TPSA) is 117 Å². The molecule has 0 spiro atoms. The van der Waals surface area contributed by atoms with Gasteiger partial charge in [-0.25, -0.2) is 9.97 Å². The van der Waals surface area contributed by atoms with Gasteiger partial charge in [-0.15, -0.1) is 0 Å². The Bertz CT molecular complexity index is 615. The summed E-state index contributed by atoms with van der Waals surface area (Å²) in [7, 11) is -4.20. The van der Waals surface area contributed by atoms with E-state index in [0.29, 0.717) is 5.56 Å². The Kier molecular flexibility index (Phi) is 5.75. The molecule has 0 aliphatic heterocycles. The van der Waals surface area contributed by atoms with E-state index in [1.54, 1.807) is 18.5 Å². The van der Waals surface area contributed by atoms with Crippen molar-refractivity contribution in [1.82, 2.24) is 9.97 Å². The first-order valence-corrected chi connectivity index (χ1v) is 6.82. The minimum Gasteiger partial charge on any atom is -0.481 e. The van der Waals surface area contributed by atoms with E-state index in [9.17, 15) is 13.2 Å². The van der Waals surface area contributed by atoms with Crippen LogP contribution in [0.25, 0.3) is 0 Å². The zero-order valence-corrected chi connectivity index (χ0v) is 11.1. The van der Waals surface area contributed by atoms with Crippen molar-refractivity contribution in [2.24, 2.45) is 0 Å². The van der Waals surface area contributed by atoms with E-state index < -0.39 is 16.1 Å². The van der Waals surface area contributed by atoms with Crippen LogP contribution in [0.15, 0.2) is 53.9 Å². The second-order valence-electron chi connectivity index (χ2n) is 3.59.